The number of nitrogens with one attached hydrogen (secondary N) is 2. The van der Waals surface area contributed by atoms with Gasteiger partial charge in [0, 0.05) is 29.6 Å². The fourth-order valence-electron chi connectivity index (χ4n) is 4.46. The largest absolute Gasteiger partial charge is 0.493 e. The van der Waals surface area contributed by atoms with Gasteiger partial charge in [-0.05, 0) is 63.6 Å². The number of rotatable bonds is 8. The molecular formula is C27H33N3O7S. The van der Waals surface area contributed by atoms with Crippen LogP contribution in [0.25, 0.3) is 22.2 Å². The number of methoxy groups -OCH3 is 1. The second-order valence-electron chi connectivity index (χ2n) is 10.2. The molecule has 0 saturated heterocycles. The Morgan fingerprint density at radius 3 is 2.55 bits per heavy atom. The summed E-state index contributed by atoms with van der Waals surface area (Å²) in [4.78, 5) is 26.5. The maximum atomic E-state index is 13.5. The molecule has 1 amide bonds. The standard InChI is InChI=1S/C27H33N3O7S/c1-7-10-28-14-16-8-9-20-17(11-16)12-21(30(20)26(32)36-27(2,3)4)18-13-22(35-5)24(37-38(6,33)34)19-15-29-25(31)23(18)19/h8-9,11-13,28H,7,10,14-15H2,1-6H3,(H,29,31). The van der Waals surface area contributed by atoms with Gasteiger partial charge in [-0.15, -0.1) is 0 Å². The van der Waals surface area contributed by atoms with E-state index < -0.39 is 27.7 Å². The smallest absolute Gasteiger partial charge is 0.419 e. The van der Waals surface area contributed by atoms with E-state index >= 15 is 0 Å². The van der Waals surface area contributed by atoms with Crippen LogP contribution in [-0.2, 0) is 27.9 Å². The quantitative estimate of drug-likeness (QED) is 0.320. The summed E-state index contributed by atoms with van der Waals surface area (Å²) in [5, 5.41) is 6.88. The van der Waals surface area contributed by atoms with Gasteiger partial charge in [-0.1, -0.05) is 13.0 Å². The van der Waals surface area contributed by atoms with Crippen molar-refractivity contribution in [3.63, 3.8) is 0 Å². The van der Waals surface area contributed by atoms with Crippen LogP contribution in [0.5, 0.6) is 11.5 Å². The topological polar surface area (TPSA) is 125 Å². The molecule has 0 atom stereocenters. The lowest BCUT2D eigenvalue weighted by Crippen LogP contribution is -2.27. The fraction of sp³-hybridized carbons (Fsp3) is 0.407. The summed E-state index contributed by atoms with van der Waals surface area (Å²) in [7, 11) is -2.53. The predicted octanol–water partition coefficient (Wildman–Crippen LogP) is 4.18. The van der Waals surface area contributed by atoms with E-state index in [9.17, 15) is 18.0 Å². The molecule has 0 bridgehead atoms. The molecule has 4 rings (SSSR count). The van der Waals surface area contributed by atoms with Gasteiger partial charge in [0.1, 0.15) is 5.60 Å². The Balaban J connectivity index is 1.98. The monoisotopic (exact) mass is 543 g/mol. The first-order valence-electron chi connectivity index (χ1n) is 12.3. The molecule has 2 N–H and O–H groups in total. The Kier molecular flexibility index (Phi) is 7.44. The number of fused-ring (bicyclic) bond motifs is 2. The highest BCUT2D eigenvalue weighted by atomic mass is 32.2. The number of nitrogens with zero attached hydrogens (tertiary/aromatic N) is 1. The van der Waals surface area contributed by atoms with Crippen LogP contribution < -0.4 is 19.6 Å². The first-order valence-corrected chi connectivity index (χ1v) is 14.1. The summed E-state index contributed by atoms with van der Waals surface area (Å²) in [6, 6.07) is 9.12. The number of benzene rings is 2. The minimum atomic E-state index is -3.91. The molecule has 10 nitrogen and oxygen atoms in total. The van der Waals surface area contributed by atoms with Crippen LogP contribution in [0.1, 0.15) is 55.6 Å². The number of hydrogen-bond acceptors (Lipinski definition) is 8. The molecule has 11 heteroatoms. The van der Waals surface area contributed by atoms with E-state index in [1.165, 1.54) is 17.7 Å². The van der Waals surface area contributed by atoms with E-state index in [-0.39, 0.29) is 23.6 Å². The maximum absolute atomic E-state index is 13.5. The van der Waals surface area contributed by atoms with E-state index in [2.05, 4.69) is 17.6 Å². The molecule has 1 aliphatic heterocycles. The highest BCUT2D eigenvalue weighted by Gasteiger charge is 2.34. The van der Waals surface area contributed by atoms with Gasteiger partial charge in [0.2, 0.25) is 0 Å². The molecule has 3 aromatic rings. The number of carbonyl (C=O) groups is 2. The van der Waals surface area contributed by atoms with Crippen LogP contribution in [0, 0.1) is 0 Å². The van der Waals surface area contributed by atoms with Crippen molar-refractivity contribution in [2.45, 2.75) is 52.8 Å². The van der Waals surface area contributed by atoms with Crippen molar-refractivity contribution in [3.05, 3.63) is 47.0 Å². The number of hydrogen-bond donors (Lipinski definition) is 2. The summed E-state index contributed by atoms with van der Waals surface area (Å²) in [5.74, 6) is -0.358. The zero-order valence-electron chi connectivity index (χ0n) is 22.4. The second kappa shape index (κ2) is 10.3. The van der Waals surface area contributed by atoms with Crippen LogP contribution in [-0.4, -0.2) is 50.5 Å². The molecule has 38 heavy (non-hydrogen) atoms. The van der Waals surface area contributed by atoms with E-state index in [0.717, 1.165) is 30.2 Å². The minimum absolute atomic E-state index is 0.0448. The lowest BCUT2D eigenvalue weighted by molar-refractivity contribution is 0.0546. The number of carbonyl (C=O) groups excluding carboxylic acids is 2. The number of aromatic nitrogens is 1. The first kappa shape index (κ1) is 27.5. The Morgan fingerprint density at radius 1 is 1.18 bits per heavy atom. The van der Waals surface area contributed by atoms with Gasteiger partial charge in [-0.3, -0.25) is 4.79 Å². The molecule has 0 saturated carbocycles. The van der Waals surface area contributed by atoms with Gasteiger partial charge in [0.15, 0.2) is 11.5 Å². The number of amides is 1. The van der Waals surface area contributed by atoms with Crippen molar-refractivity contribution in [2.24, 2.45) is 0 Å². The highest BCUT2D eigenvalue weighted by Crippen LogP contribution is 2.44. The first-order chi connectivity index (χ1) is 17.8. The van der Waals surface area contributed by atoms with Crippen molar-refractivity contribution in [2.75, 3.05) is 19.9 Å². The third-order valence-corrected chi connectivity index (χ3v) is 6.40. The van der Waals surface area contributed by atoms with Crippen LogP contribution in [0.3, 0.4) is 0 Å². The lowest BCUT2D eigenvalue weighted by atomic mass is 9.98. The third-order valence-electron chi connectivity index (χ3n) is 5.93. The van der Waals surface area contributed by atoms with Crippen molar-refractivity contribution < 1.29 is 31.7 Å². The molecule has 0 spiro atoms. The molecule has 0 aliphatic carbocycles. The van der Waals surface area contributed by atoms with Crippen LogP contribution in [0.15, 0.2) is 30.3 Å². The van der Waals surface area contributed by atoms with E-state index in [0.29, 0.717) is 28.9 Å². The summed E-state index contributed by atoms with van der Waals surface area (Å²) in [6.07, 6.45) is 1.32. The van der Waals surface area contributed by atoms with Gasteiger partial charge in [0.05, 0.1) is 30.1 Å². The Labute approximate surface area is 222 Å². The molecular weight excluding hydrogens is 510 g/mol. The van der Waals surface area contributed by atoms with E-state index in [4.69, 9.17) is 13.7 Å². The third kappa shape index (κ3) is 5.63. The molecule has 204 valence electrons. The minimum Gasteiger partial charge on any atom is -0.493 e. The van der Waals surface area contributed by atoms with Crippen molar-refractivity contribution in [1.82, 2.24) is 15.2 Å². The molecule has 1 aliphatic rings. The predicted molar refractivity (Wildman–Crippen MR) is 144 cm³/mol. The molecule has 2 aromatic carbocycles. The fourth-order valence-corrected chi connectivity index (χ4v) is 4.95. The number of ether oxygens (including phenoxy) is 2. The van der Waals surface area contributed by atoms with Crippen molar-refractivity contribution >= 4 is 33.0 Å². The SMILES string of the molecule is CCCNCc1ccc2c(c1)cc(-c1cc(OC)c(OS(C)(=O)=O)c3c1C(=O)NC3)n2C(=O)OC(C)(C)C. The summed E-state index contributed by atoms with van der Waals surface area (Å²) in [6.45, 7) is 9.02. The van der Waals surface area contributed by atoms with Gasteiger partial charge in [-0.2, -0.15) is 8.42 Å². The van der Waals surface area contributed by atoms with Crippen LogP contribution in [0.4, 0.5) is 4.79 Å². The van der Waals surface area contributed by atoms with Crippen molar-refractivity contribution in [1.29, 1.82) is 0 Å². The average Bonchev–Trinajstić information content (AvgIpc) is 3.38. The summed E-state index contributed by atoms with van der Waals surface area (Å²) < 4.78 is 41.8. The average molecular weight is 544 g/mol. The zero-order chi connectivity index (χ0) is 27.8. The van der Waals surface area contributed by atoms with Gasteiger partial charge in [0.25, 0.3) is 5.91 Å². The van der Waals surface area contributed by atoms with Crippen molar-refractivity contribution in [3.8, 4) is 22.8 Å². The molecule has 2 heterocycles. The van der Waals surface area contributed by atoms with Gasteiger partial charge >= 0.3 is 16.2 Å². The molecule has 0 fully saturated rings. The van der Waals surface area contributed by atoms with Crippen LogP contribution >= 0.6 is 0 Å². The zero-order valence-corrected chi connectivity index (χ0v) is 23.2. The Bertz CT molecular complexity index is 1520. The highest BCUT2D eigenvalue weighted by molar-refractivity contribution is 7.86. The Hall–Kier alpha value is -3.57. The summed E-state index contributed by atoms with van der Waals surface area (Å²) in [5.41, 5.74) is 2.22. The Morgan fingerprint density at radius 2 is 1.92 bits per heavy atom. The summed E-state index contributed by atoms with van der Waals surface area (Å²) >= 11 is 0. The maximum Gasteiger partial charge on any atom is 0.419 e. The lowest BCUT2D eigenvalue weighted by Gasteiger charge is -2.22. The van der Waals surface area contributed by atoms with E-state index in [1.54, 1.807) is 20.8 Å². The van der Waals surface area contributed by atoms with Crippen LogP contribution in [0.2, 0.25) is 0 Å². The van der Waals surface area contributed by atoms with E-state index in [1.807, 2.05) is 24.3 Å². The molecule has 0 unspecified atom stereocenters. The van der Waals surface area contributed by atoms with Gasteiger partial charge < -0.3 is 24.3 Å². The normalized spacial score (nSPS) is 13.4. The molecule has 1 aromatic heterocycles. The van der Waals surface area contributed by atoms with Gasteiger partial charge in [-0.25, -0.2) is 9.36 Å². The second-order valence-corrected chi connectivity index (χ2v) is 11.8. The molecule has 0 radical (unpaired) electrons.